The van der Waals surface area contributed by atoms with Crippen LogP contribution in [0.5, 0.6) is 11.5 Å². The number of benzene rings is 2. The third-order valence-corrected chi connectivity index (χ3v) is 6.61. The molecule has 0 aliphatic rings. The van der Waals surface area contributed by atoms with Crippen LogP contribution in [-0.4, -0.2) is 49.9 Å². The lowest BCUT2D eigenvalue weighted by Gasteiger charge is -2.21. The Morgan fingerprint density at radius 2 is 1.59 bits per heavy atom. The number of hydrogen-bond acceptors (Lipinski definition) is 7. The summed E-state index contributed by atoms with van der Waals surface area (Å²) in [6, 6.07) is 8.16. The topological polar surface area (TPSA) is 128 Å². The van der Waals surface area contributed by atoms with Gasteiger partial charge in [0.2, 0.25) is 10.0 Å². The third kappa shape index (κ3) is 5.54. The van der Waals surface area contributed by atoms with E-state index < -0.39 is 20.9 Å². The van der Waals surface area contributed by atoms with Gasteiger partial charge in [-0.25, -0.2) is 8.42 Å². The molecule has 2 rings (SSSR count). The van der Waals surface area contributed by atoms with Crippen molar-refractivity contribution in [2.75, 3.05) is 31.6 Å². The van der Waals surface area contributed by atoms with E-state index in [4.69, 9.17) is 9.47 Å². The van der Waals surface area contributed by atoms with Crippen molar-refractivity contribution in [2.45, 2.75) is 32.6 Å². The van der Waals surface area contributed by atoms with Crippen LogP contribution < -0.4 is 14.8 Å². The van der Waals surface area contributed by atoms with E-state index in [2.05, 4.69) is 5.32 Å². The van der Waals surface area contributed by atoms with Crippen molar-refractivity contribution in [3.63, 3.8) is 0 Å². The molecule has 0 aromatic heterocycles. The molecule has 0 bridgehead atoms. The van der Waals surface area contributed by atoms with E-state index in [0.29, 0.717) is 0 Å². The van der Waals surface area contributed by atoms with Crippen LogP contribution in [0.15, 0.2) is 41.3 Å². The molecule has 0 fully saturated rings. The Balaban J connectivity index is 2.42. The number of rotatable bonds is 11. The van der Waals surface area contributed by atoms with Crippen molar-refractivity contribution in [2.24, 2.45) is 0 Å². The highest BCUT2D eigenvalue weighted by atomic mass is 32.2. The standard InChI is InChI=1S/C21H27N3O7S/c1-5-23(6-2)32(28,29)20-14-16(10-12-19(20)31-8-4)22-21(25)15-9-11-18(30-7-3)17(13-15)24(26)27/h9-14H,5-8H2,1-4H3,(H,22,25). The Morgan fingerprint density at radius 1 is 1.00 bits per heavy atom. The fourth-order valence-corrected chi connectivity index (χ4v) is 4.66. The van der Waals surface area contributed by atoms with Crippen LogP contribution in [0.3, 0.4) is 0 Å². The van der Waals surface area contributed by atoms with Crippen LogP contribution in [-0.2, 0) is 10.0 Å². The summed E-state index contributed by atoms with van der Waals surface area (Å²) in [4.78, 5) is 23.3. The largest absolute Gasteiger partial charge is 0.492 e. The number of hydrogen-bond donors (Lipinski definition) is 1. The minimum atomic E-state index is -3.86. The minimum absolute atomic E-state index is 0.0298. The molecule has 0 saturated carbocycles. The average molecular weight is 466 g/mol. The van der Waals surface area contributed by atoms with Gasteiger partial charge in [0.1, 0.15) is 10.6 Å². The SMILES string of the molecule is CCOc1ccc(C(=O)Nc2ccc(OCC)c(S(=O)(=O)N(CC)CC)c2)cc1[N+](=O)[O-]. The molecule has 0 saturated heterocycles. The lowest BCUT2D eigenvalue weighted by molar-refractivity contribution is -0.385. The van der Waals surface area contributed by atoms with Gasteiger partial charge in [0.25, 0.3) is 5.91 Å². The third-order valence-electron chi connectivity index (χ3n) is 4.54. The number of anilines is 1. The molecule has 0 unspecified atom stereocenters. The van der Waals surface area contributed by atoms with Crippen molar-refractivity contribution >= 4 is 27.3 Å². The van der Waals surface area contributed by atoms with Gasteiger partial charge in [0.05, 0.1) is 18.1 Å². The number of carbonyl (C=O) groups excluding carboxylic acids is 1. The number of carbonyl (C=O) groups is 1. The second-order valence-electron chi connectivity index (χ2n) is 6.51. The zero-order valence-corrected chi connectivity index (χ0v) is 19.3. The first-order chi connectivity index (χ1) is 15.2. The molecule has 0 atom stereocenters. The first-order valence-electron chi connectivity index (χ1n) is 10.2. The summed E-state index contributed by atoms with van der Waals surface area (Å²) in [6.45, 7) is 7.94. The summed E-state index contributed by atoms with van der Waals surface area (Å²) in [7, 11) is -3.86. The van der Waals surface area contributed by atoms with Crippen LogP contribution in [0.2, 0.25) is 0 Å². The molecule has 0 heterocycles. The smallest absolute Gasteiger partial charge is 0.311 e. The Morgan fingerprint density at radius 3 is 2.16 bits per heavy atom. The van der Waals surface area contributed by atoms with Gasteiger partial charge in [-0.15, -0.1) is 0 Å². The quantitative estimate of drug-likeness (QED) is 0.396. The van der Waals surface area contributed by atoms with E-state index >= 15 is 0 Å². The van der Waals surface area contributed by atoms with E-state index in [9.17, 15) is 23.3 Å². The molecule has 11 heteroatoms. The maximum atomic E-state index is 13.1. The molecule has 0 spiro atoms. The molecule has 0 radical (unpaired) electrons. The number of nitrogens with one attached hydrogen (secondary N) is 1. The van der Waals surface area contributed by atoms with Gasteiger partial charge in [0, 0.05) is 30.4 Å². The van der Waals surface area contributed by atoms with Crippen molar-refractivity contribution in [1.82, 2.24) is 4.31 Å². The van der Waals surface area contributed by atoms with Crippen LogP contribution in [0.4, 0.5) is 11.4 Å². The molecule has 2 aromatic carbocycles. The second-order valence-corrected chi connectivity index (χ2v) is 8.42. The van der Waals surface area contributed by atoms with E-state index in [1.165, 1.54) is 34.6 Å². The van der Waals surface area contributed by atoms with Crippen LogP contribution in [0, 0.1) is 10.1 Å². The lowest BCUT2D eigenvalue weighted by Crippen LogP contribution is -2.31. The highest BCUT2D eigenvalue weighted by molar-refractivity contribution is 7.89. The monoisotopic (exact) mass is 465 g/mol. The second kappa shape index (κ2) is 10.9. The van der Waals surface area contributed by atoms with E-state index in [-0.39, 0.29) is 59.6 Å². The highest BCUT2D eigenvalue weighted by Crippen LogP contribution is 2.31. The van der Waals surface area contributed by atoms with Crippen LogP contribution in [0.25, 0.3) is 0 Å². The Bertz CT molecular complexity index is 1080. The number of ether oxygens (including phenoxy) is 2. The van der Waals surface area contributed by atoms with E-state index in [1.54, 1.807) is 27.7 Å². The van der Waals surface area contributed by atoms with E-state index in [0.717, 1.165) is 6.07 Å². The fourth-order valence-electron chi connectivity index (χ4n) is 3.05. The summed E-state index contributed by atoms with van der Waals surface area (Å²) in [6.07, 6.45) is 0. The molecule has 2 aromatic rings. The lowest BCUT2D eigenvalue weighted by atomic mass is 10.1. The maximum absolute atomic E-state index is 13.1. The molecule has 10 nitrogen and oxygen atoms in total. The predicted octanol–water partition coefficient (Wildman–Crippen LogP) is 3.68. The maximum Gasteiger partial charge on any atom is 0.311 e. The van der Waals surface area contributed by atoms with Gasteiger partial charge in [0.15, 0.2) is 5.75 Å². The Kier molecular flexibility index (Phi) is 8.56. The number of nitro benzene ring substituents is 1. The molecule has 32 heavy (non-hydrogen) atoms. The Labute approximate surface area is 187 Å². The normalized spacial score (nSPS) is 11.3. The number of amides is 1. The molecule has 0 aliphatic heterocycles. The summed E-state index contributed by atoms with van der Waals surface area (Å²) in [5.74, 6) is -0.400. The first-order valence-corrected chi connectivity index (χ1v) is 11.6. The zero-order chi connectivity index (χ0) is 23.9. The van der Waals surface area contributed by atoms with Crippen LogP contribution >= 0.6 is 0 Å². The van der Waals surface area contributed by atoms with Crippen molar-refractivity contribution in [3.8, 4) is 11.5 Å². The van der Waals surface area contributed by atoms with Gasteiger partial charge in [-0.3, -0.25) is 14.9 Å². The molecule has 174 valence electrons. The summed E-state index contributed by atoms with van der Waals surface area (Å²) in [5, 5.41) is 13.9. The minimum Gasteiger partial charge on any atom is -0.492 e. The van der Waals surface area contributed by atoms with Crippen molar-refractivity contribution in [1.29, 1.82) is 0 Å². The number of nitro groups is 1. The van der Waals surface area contributed by atoms with Crippen LogP contribution in [0.1, 0.15) is 38.1 Å². The fraction of sp³-hybridized carbons (Fsp3) is 0.381. The summed E-state index contributed by atoms with van der Waals surface area (Å²) in [5.41, 5.74) is -0.0982. The predicted molar refractivity (Wildman–Crippen MR) is 120 cm³/mol. The molecule has 1 amide bonds. The highest BCUT2D eigenvalue weighted by Gasteiger charge is 2.27. The number of nitrogens with zero attached hydrogens (tertiary/aromatic N) is 2. The molecular weight excluding hydrogens is 438 g/mol. The van der Waals surface area contributed by atoms with Gasteiger partial charge >= 0.3 is 5.69 Å². The van der Waals surface area contributed by atoms with Crippen molar-refractivity contribution < 1.29 is 27.6 Å². The molecule has 0 aliphatic carbocycles. The average Bonchev–Trinajstić information content (AvgIpc) is 2.75. The van der Waals surface area contributed by atoms with Crippen molar-refractivity contribution in [3.05, 3.63) is 52.1 Å². The van der Waals surface area contributed by atoms with Gasteiger partial charge in [-0.05, 0) is 44.2 Å². The van der Waals surface area contributed by atoms with E-state index in [1.807, 2.05) is 0 Å². The molecular formula is C21H27N3O7S. The summed E-state index contributed by atoms with van der Waals surface area (Å²) >= 11 is 0. The van der Waals surface area contributed by atoms with Gasteiger partial charge in [-0.1, -0.05) is 13.8 Å². The number of sulfonamides is 1. The van der Waals surface area contributed by atoms with Gasteiger partial charge < -0.3 is 14.8 Å². The zero-order valence-electron chi connectivity index (χ0n) is 18.5. The molecule has 1 N–H and O–H groups in total. The first kappa shape index (κ1) is 25.1. The Hall–Kier alpha value is -3.18. The van der Waals surface area contributed by atoms with Gasteiger partial charge in [-0.2, -0.15) is 4.31 Å². The summed E-state index contributed by atoms with van der Waals surface area (Å²) < 4.78 is 38.1.